The fourth-order valence-corrected chi connectivity index (χ4v) is 2.87. The zero-order valence-electron chi connectivity index (χ0n) is 7.00. The molecule has 0 radical (unpaired) electrons. The fraction of sp³-hybridized carbons (Fsp3) is 1.00. The van der Waals surface area contributed by atoms with E-state index in [4.69, 9.17) is 21.4 Å². The van der Waals surface area contributed by atoms with E-state index in [2.05, 4.69) is 36.4 Å². The van der Waals surface area contributed by atoms with Crippen molar-refractivity contribution in [3.63, 3.8) is 0 Å². The molecule has 13 heavy (non-hydrogen) atoms. The van der Waals surface area contributed by atoms with Gasteiger partial charge in [-0.3, -0.25) is 4.52 Å². The smallest absolute Gasteiger partial charge is 0.303 e. The molecular formula is C5H10Br2ClO4P. The SMILES string of the molecule is CC(C)(CBr)C(Cl)(Br)OP(=O)(O)O. The number of hydrogen-bond donors (Lipinski definition) is 2. The van der Waals surface area contributed by atoms with Gasteiger partial charge in [0, 0.05) is 10.7 Å². The maximum Gasteiger partial charge on any atom is 0.471 e. The van der Waals surface area contributed by atoms with E-state index in [0.29, 0.717) is 5.33 Å². The van der Waals surface area contributed by atoms with Gasteiger partial charge >= 0.3 is 7.82 Å². The Balaban J connectivity index is 4.68. The Morgan fingerprint density at radius 3 is 2.15 bits per heavy atom. The van der Waals surface area contributed by atoms with Crippen LogP contribution in [-0.2, 0) is 9.09 Å². The van der Waals surface area contributed by atoms with Crippen LogP contribution in [0.25, 0.3) is 0 Å². The second-order valence-electron chi connectivity index (χ2n) is 3.12. The van der Waals surface area contributed by atoms with Crippen LogP contribution in [0, 0.1) is 5.41 Å². The minimum absolute atomic E-state index is 0.425. The average molecular weight is 360 g/mol. The van der Waals surface area contributed by atoms with Crippen LogP contribution in [0.1, 0.15) is 13.8 Å². The summed E-state index contributed by atoms with van der Waals surface area (Å²) < 4.78 is 13.4. The fourth-order valence-electron chi connectivity index (χ4n) is 0.351. The molecule has 1 unspecified atom stereocenters. The van der Waals surface area contributed by atoms with E-state index in [9.17, 15) is 4.57 Å². The molecule has 0 saturated heterocycles. The first-order chi connectivity index (χ1) is 5.52. The van der Waals surface area contributed by atoms with Crippen molar-refractivity contribution >= 4 is 51.3 Å². The molecule has 1 atom stereocenters. The molecule has 0 heterocycles. The van der Waals surface area contributed by atoms with E-state index in [-0.39, 0.29) is 0 Å². The van der Waals surface area contributed by atoms with Gasteiger partial charge in [-0.2, -0.15) is 0 Å². The van der Waals surface area contributed by atoms with Crippen molar-refractivity contribution in [3.05, 3.63) is 0 Å². The maximum absolute atomic E-state index is 10.6. The predicted octanol–water partition coefficient (Wildman–Crippen LogP) is 2.80. The average Bonchev–Trinajstić information content (AvgIpc) is 1.81. The van der Waals surface area contributed by atoms with Crippen LogP contribution < -0.4 is 0 Å². The van der Waals surface area contributed by atoms with Crippen LogP contribution in [0.15, 0.2) is 0 Å². The highest BCUT2D eigenvalue weighted by Crippen LogP contribution is 2.53. The Labute approximate surface area is 98.5 Å². The predicted molar refractivity (Wildman–Crippen MR) is 58.2 cm³/mol. The minimum Gasteiger partial charge on any atom is -0.303 e. The molecule has 0 aromatic carbocycles. The van der Waals surface area contributed by atoms with Crippen molar-refractivity contribution in [2.24, 2.45) is 5.41 Å². The Morgan fingerprint density at radius 2 is 1.92 bits per heavy atom. The second-order valence-corrected chi connectivity index (χ2v) is 6.95. The molecule has 4 nitrogen and oxygen atoms in total. The molecule has 0 aliphatic heterocycles. The van der Waals surface area contributed by atoms with Crippen molar-refractivity contribution in [2.75, 3.05) is 5.33 Å². The molecule has 0 fully saturated rings. The third-order valence-corrected chi connectivity index (χ3v) is 5.45. The van der Waals surface area contributed by atoms with Gasteiger partial charge in [0.1, 0.15) is 0 Å². The van der Waals surface area contributed by atoms with Crippen LogP contribution >= 0.6 is 51.3 Å². The number of alkyl halides is 3. The number of phosphoric ester groups is 1. The van der Waals surface area contributed by atoms with Crippen molar-refractivity contribution < 1.29 is 18.9 Å². The summed E-state index contributed by atoms with van der Waals surface area (Å²) in [4.78, 5) is 17.1. The molecule has 0 saturated carbocycles. The van der Waals surface area contributed by atoms with Gasteiger partial charge in [-0.1, -0.05) is 41.4 Å². The van der Waals surface area contributed by atoms with Crippen LogP contribution in [-0.4, -0.2) is 19.1 Å². The van der Waals surface area contributed by atoms with Crippen LogP contribution in [0.2, 0.25) is 0 Å². The summed E-state index contributed by atoms with van der Waals surface area (Å²) in [6.07, 6.45) is 0. The number of phosphoric acid groups is 1. The van der Waals surface area contributed by atoms with Crippen LogP contribution in [0.5, 0.6) is 0 Å². The molecule has 2 N–H and O–H groups in total. The Morgan fingerprint density at radius 1 is 1.54 bits per heavy atom. The van der Waals surface area contributed by atoms with E-state index in [0.717, 1.165) is 0 Å². The van der Waals surface area contributed by atoms with Gasteiger partial charge in [-0.25, -0.2) is 4.57 Å². The van der Waals surface area contributed by atoms with Crippen molar-refractivity contribution in [3.8, 4) is 0 Å². The van der Waals surface area contributed by atoms with Gasteiger partial charge in [-0.05, 0) is 15.9 Å². The van der Waals surface area contributed by atoms with Gasteiger partial charge in [-0.15, -0.1) is 0 Å². The van der Waals surface area contributed by atoms with E-state index < -0.39 is 17.2 Å². The number of hydrogen-bond acceptors (Lipinski definition) is 2. The molecule has 0 aromatic heterocycles. The van der Waals surface area contributed by atoms with Gasteiger partial charge in [0.15, 0.2) is 0 Å². The number of rotatable bonds is 4. The van der Waals surface area contributed by atoms with Gasteiger partial charge in [0.25, 0.3) is 0 Å². The molecule has 0 aliphatic rings. The molecular weight excluding hydrogens is 350 g/mol. The Kier molecular flexibility index (Phi) is 4.94. The normalized spacial score (nSPS) is 18.4. The van der Waals surface area contributed by atoms with E-state index >= 15 is 0 Å². The van der Waals surface area contributed by atoms with Crippen molar-refractivity contribution in [1.29, 1.82) is 0 Å². The van der Waals surface area contributed by atoms with Crippen molar-refractivity contribution in [2.45, 2.75) is 17.8 Å². The summed E-state index contributed by atoms with van der Waals surface area (Å²) in [5.41, 5.74) is -0.671. The third kappa shape index (κ3) is 4.60. The highest BCUT2D eigenvalue weighted by atomic mass is 79.9. The first kappa shape index (κ1) is 14.4. The molecule has 0 amide bonds. The monoisotopic (exact) mass is 358 g/mol. The highest BCUT2D eigenvalue weighted by Gasteiger charge is 2.46. The van der Waals surface area contributed by atoms with E-state index in [1.54, 1.807) is 13.8 Å². The summed E-state index contributed by atoms with van der Waals surface area (Å²) in [6, 6.07) is 0. The lowest BCUT2D eigenvalue weighted by Crippen LogP contribution is -2.37. The van der Waals surface area contributed by atoms with Crippen LogP contribution in [0.3, 0.4) is 0 Å². The first-order valence-electron chi connectivity index (χ1n) is 3.22. The largest absolute Gasteiger partial charge is 0.471 e. The minimum atomic E-state index is -4.60. The topological polar surface area (TPSA) is 66.8 Å². The molecule has 0 rings (SSSR count). The zero-order valence-corrected chi connectivity index (χ0v) is 11.8. The molecule has 8 heteroatoms. The summed E-state index contributed by atoms with van der Waals surface area (Å²) in [5.74, 6) is 0. The molecule has 0 bridgehead atoms. The lowest BCUT2D eigenvalue weighted by atomic mass is 9.98. The standard InChI is InChI=1S/C5H10Br2ClO4P/c1-4(2,3-6)5(7,8)12-13(9,10)11/h3H2,1-2H3,(H2,9,10,11). The lowest BCUT2D eigenvalue weighted by molar-refractivity contribution is 0.0935. The summed E-state index contributed by atoms with van der Waals surface area (Å²) >= 11 is 11.9. The summed E-state index contributed by atoms with van der Waals surface area (Å²) in [6.45, 7) is 3.39. The Hall–Kier alpha value is 1.36. The lowest BCUT2D eigenvalue weighted by Gasteiger charge is -2.35. The molecule has 0 aromatic rings. The third-order valence-electron chi connectivity index (χ3n) is 1.36. The first-order valence-corrected chi connectivity index (χ1v) is 7.04. The van der Waals surface area contributed by atoms with Gasteiger partial charge in [0.05, 0.1) is 0 Å². The highest BCUT2D eigenvalue weighted by molar-refractivity contribution is 9.10. The van der Waals surface area contributed by atoms with Crippen LogP contribution in [0.4, 0.5) is 0 Å². The molecule has 80 valence electrons. The van der Waals surface area contributed by atoms with E-state index in [1.807, 2.05) is 0 Å². The second kappa shape index (κ2) is 4.47. The maximum atomic E-state index is 10.6. The molecule has 0 aliphatic carbocycles. The number of halogens is 3. The van der Waals surface area contributed by atoms with E-state index in [1.165, 1.54) is 0 Å². The molecule has 0 spiro atoms. The quantitative estimate of drug-likeness (QED) is 0.598. The van der Waals surface area contributed by atoms with Gasteiger partial charge < -0.3 is 9.79 Å². The zero-order chi connectivity index (χ0) is 10.9. The van der Waals surface area contributed by atoms with Crippen molar-refractivity contribution in [1.82, 2.24) is 0 Å². The van der Waals surface area contributed by atoms with Gasteiger partial charge in [0.2, 0.25) is 3.97 Å². The summed E-state index contributed by atoms with van der Waals surface area (Å²) in [7, 11) is -4.60. The summed E-state index contributed by atoms with van der Waals surface area (Å²) in [5, 5.41) is 0.425. The Bertz CT molecular complexity index is 227.